The molecule has 0 aromatic heterocycles. The molecule has 0 heterocycles. The van der Waals surface area contributed by atoms with Crippen LogP contribution in [0.5, 0.6) is 5.75 Å². The molecule has 0 aliphatic carbocycles. The van der Waals surface area contributed by atoms with Crippen LogP contribution >= 0.6 is 11.6 Å². The van der Waals surface area contributed by atoms with E-state index in [1.165, 1.54) is 19.1 Å². The van der Waals surface area contributed by atoms with E-state index in [0.29, 0.717) is 0 Å². The summed E-state index contributed by atoms with van der Waals surface area (Å²) in [5.41, 5.74) is -0.379. The van der Waals surface area contributed by atoms with Crippen LogP contribution in [0.1, 0.15) is 20.8 Å². The first kappa shape index (κ1) is 18.7. The molecule has 0 radical (unpaired) electrons. The number of benzene rings is 1. The van der Waals surface area contributed by atoms with Gasteiger partial charge in [0.1, 0.15) is 6.04 Å². The number of carboxylic acids is 1. The Morgan fingerprint density at radius 1 is 1.35 bits per heavy atom. The first-order valence-electron chi connectivity index (χ1n) is 6.77. The molecule has 0 saturated carbocycles. The fourth-order valence-electron chi connectivity index (χ4n) is 1.76. The predicted molar refractivity (Wildman–Crippen MR) is 82.6 cm³/mol. The summed E-state index contributed by atoms with van der Waals surface area (Å²) in [6.45, 7) is 4.66. The van der Waals surface area contributed by atoms with Crippen LogP contribution in [0.25, 0.3) is 0 Å². The van der Waals surface area contributed by atoms with Gasteiger partial charge in [0.25, 0.3) is 5.91 Å². The summed E-state index contributed by atoms with van der Waals surface area (Å²) in [6.07, 6.45) is -1.12. The highest BCUT2D eigenvalue weighted by Crippen LogP contribution is 2.30. The van der Waals surface area contributed by atoms with Crippen molar-refractivity contribution in [3.05, 3.63) is 33.3 Å². The lowest BCUT2D eigenvalue weighted by Gasteiger charge is -2.21. The maximum atomic E-state index is 12.0. The Hall–Kier alpha value is -2.35. The zero-order valence-electron chi connectivity index (χ0n) is 12.8. The molecule has 0 fully saturated rings. The maximum absolute atomic E-state index is 12.0. The zero-order chi connectivity index (χ0) is 17.7. The number of aliphatic carboxylic acids is 1. The first-order valence-corrected chi connectivity index (χ1v) is 7.15. The zero-order valence-corrected chi connectivity index (χ0v) is 13.5. The Bertz CT molecular complexity index is 619. The minimum atomic E-state index is -1.17. The first-order chi connectivity index (χ1) is 10.6. The van der Waals surface area contributed by atoms with Crippen molar-refractivity contribution in [3.63, 3.8) is 0 Å². The highest BCUT2D eigenvalue weighted by molar-refractivity contribution is 6.30. The van der Waals surface area contributed by atoms with Crippen LogP contribution < -0.4 is 10.1 Å². The summed E-state index contributed by atoms with van der Waals surface area (Å²) in [6, 6.07) is 2.70. The summed E-state index contributed by atoms with van der Waals surface area (Å²) >= 11 is 5.69. The Labute approximate surface area is 137 Å². The van der Waals surface area contributed by atoms with E-state index in [4.69, 9.17) is 21.4 Å². The van der Waals surface area contributed by atoms with Crippen LogP contribution in [0.3, 0.4) is 0 Å². The second kappa shape index (κ2) is 7.77. The van der Waals surface area contributed by atoms with Crippen LogP contribution in [0, 0.1) is 16.0 Å². The van der Waals surface area contributed by atoms with Crippen LogP contribution in [-0.4, -0.2) is 34.1 Å². The lowest BCUT2D eigenvalue weighted by Crippen LogP contribution is -2.48. The lowest BCUT2D eigenvalue weighted by molar-refractivity contribution is -0.386. The molecule has 1 aromatic carbocycles. The van der Waals surface area contributed by atoms with E-state index in [1.807, 2.05) is 0 Å². The van der Waals surface area contributed by atoms with Gasteiger partial charge in [-0.3, -0.25) is 14.9 Å². The number of ether oxygens (including phenoxy) is 1. The van der Waals surface area contributed by atoms with Gasteiger partial charge in [-0.15, -0.1) is 0 Å². The Morgan fingerprint density at radius 3 is 2.43 bits per heavy atom. The number of carbonyl (C=O) groups excluding carboxylic acids is 1. The number of hydrogen-bond donors (Lipinski definition) is 2. The maximum Gasteiger partial charge on any atom is 0.326 e. The van der Waals surface area contributed by atoms with E-state index in [2.05, 4.69) is 5.32 Å². The summed E-state index contributed by atoms with van der Waals surface area (Å²) in [7, 11) is 0. The fourth-order valence-corrected chi connectivity index (χ4v) is 1.93. The molecule has 9 heteroatoms. The number of carboxylic acid groups (broad SMARTS) is 1. The topological polar surface area (TPSA) is 119 Å². The molecular weight excluding hydrogens is 328 g/mol. The van der Waals surface area contributed by atoms with Crippen molar-refractivity contribution >= 4 is 29.2 Å². The van der Waals surface area contributed by atoms with Gasteiger partial charge < -0.3 is 15.2 Å². The summed E-state index contributed by atoms with van der Waals surface area (Å²) in [4.78, 5) is 33.4. The number of carbonyl (C=O) groups is 2. The van der Waals surface area contributed by atoms with Crippen molar-refractivity contribution in [3.8, 4) is 5.75 Å². The van der Waals surface area contributed by atoms with Gasteiger partial charge in [-0.1, -0.05) is 25.4 Å². The van der Waals surface area contributed by atoms with E-state index in [0.717, 1.165) is 6.07 Å². The van der Waals surface area contributed by atoms with Gasteiger partial charge >= 0.3 is 11.7 Å². The standard InChI is InChI=1S/C14H17ClN2O6/c1-7(2)12(14(19)20)16-13(18)8(3)23-11-5-4-9(15)6-10(11)17(21)22/h4-8,12H,1-3H3,(H,16,18)(H,19,20)/t8?,12-/m0/s1. The Kier molecular flexibility index (Phi) is 6.32. The van der Waals surface area contributed by atoms with Crippen LogP contribution in [-0.2, 0) is 9.59 Å². The molecule has 1 rings (SSSR count). The van der Waals surface area contributed by atoms with Gasteiger partial charge in [-0.25, -0.2) is 4.79 Å². The molecular formula is C14H17ClN2O6. The van der Waals surface area contributed by atoms with E-state index in [1.54, 1.807) is 13.8 Å². The van der Waals surface area contributed by atoms with Gasteiger partial charge in [0.05, 0.1) is 4.92 Å². The molecule has 23 heavy (non-hydrogen) atoms. The van der Waals surface area contributed by atoms with Crippen molar-refractivity contribution in [2.45, 2.75) is 32.9 Å². The molecule has 1 amide bonds. The van der Waals surface area contributed by atoms with Crippen LogP contribution in [0.15, 0.2) is 18.2 Å². The van der Waals surface area contributed by atoms with E-state index in [9.17, 15) is 19.7 Å². The molecule has 2 atom stereocenters. The quantitative estimate of drug-likeness (QED) is 0.578. The van der Waals surface area contributed by atoms with E-state index >= 15 is 0 Å². The minimum absolute atomic E-state index is 0.126. The predicted octanol–water partition coefficient (Wildman–Crippen LogP) is 2.24. The third-order valence-corrected chi connectivity index (χ3v) is 3.26. The van der Waals surface area contributed by atoms with Gasteiger partial charge in [0, 0.05) is 11.1 Å². The number of nitrogens with zero attached hydrogens (tertiary/aromatic N) is 1. The van der Waals surface area contributed by atoms with Gasteiger partial charge in [-0.05, 0) is 25.0 Å². The molecule has 8 nitrogen and oxygen atoms in total. The van der Waals surface area contributed by atoms with Gasteiger partial charge in [0.2, 0.25) is 0 Å². The average Bonchev–Trinajstić information content (AvgIpc) is 2.45. The SMILES string of the molecule is CC(Oc1ccc(Cl)cc1[N+](=O)[O-])C(=O)N[C@H](C(=O)O)C(C)C. The van der Waals surface area contributed by atoms with Gasteiger partial charge in [-0.2, -0.15) is 0 Å². The molecule has 0 aliphatic rings. The van der Waals surface area contributed by atoms with E-state index in [-0.39, 0.29) is 22.4 Å². The molecule has 126 valence electrons. The van der Waals surface area contributed by atoms with Crippen molar-refractivity contribution in [1.82, 2.24) is 5.32 Å². The largest absolute Gasteiger partial charge is 0.480 e. The number of halogens is 1. The number of hydrogen-bond acceptors (Lipinski definition) is 5. The highest BCUT2D eigenvalue weighted by Gasteiger charge is 2.27. The smallest absolute Gasteiger partial charge is 0.326 e. The average molecular weight is 345 g/mol. The normalized spacial score (nSPS) is 13.3. The number of rotatable bonds is 7. The lowest BCUT2D eigenvalue weighted by atomic mass is 10.0. The number of nitro groups is 1. The van der Waals surface area contributed by atoms with Crippen molar-refractivity contribution in [2.75, 3.05) is 0 Å². The molecule has 1 aromatic rings. The molecule has 0 saturated heterocycles. The molecule has 1 unspecified atom stereocenters. The number of nitrogens with one attached hydrogen (secondary N) is 1. The summed E-state index contributed by atoms with van der Waals surface area (Å²) in [5, 5.41) is 22.5. The second-order valence-electron chi connectivity index (χ2n) is 5.20. The number of nitro benzene ring substituents is 1. The van der Waals surface area contributed by atoms with Crippen molar-refractivity contribution in [2.24, 2.45) is 5.92 Å². The van der Waals surface area contributed by atoms with E-state index < -0.39 is 28.9 Å². The monoisotopic (exact) mass is 344 g/mol. The molecule has 0 bridgehead atoms. The van der Waals surface area contributed by atoms with Crippen molar-refractivity contribution in [1.29, 1.82) is 0 Å². The Morgan fingerprint density at radius 2 is 1.96 bits per heavy atom. The Balaban J connectivity index is 2.87. The van der Waals surface area contributed by atoms with Crippen LogP contribution in [0.4, 0.5) is 5.69 Å². The summed E-state index contributed by atoms with van der Waals surface area (Å²) in [5.74, 6) is -2.31. The fraction of sp³-hybridized carbons (Fsp3) is 0.429. The number of amides is 1. The minimum Gasteiger partial charge on any atom is -0.480 e. The summed E-state index contributed by atoms with van der Waals surface area (Å²) < 4.78 is 5.28. The third kappa shape index (κ3) is 5.10. The van der Waals surface area contributed by atoms with Crippen LogP contribution in [0.2, 0.25) is 5.02 Å². The van der Waals surface area contributed by atoms with Gasteiger partial charge in [0.15, 0.2) is 11.9 Å². The highest BCUT2D eigenvalue weighted by atomic mass is 35.5. The molecule has 0 spiro atoms. The molecule has 0 aliphatic heterocycles. The molecule has 2 N–H and O–H groups in total. The van der Waals surface area contributed by atoms with Crippen molar-refractivity contribution < 1.29 is 24.4 Å². The third-order valence-electron chi connectivity index (χ3n) is 3.02. The second-order valence-corrected chi connectivity index (χ2v) is 5.63.